The first kappa shape index (κ1) is 14.8. The van der Waals surface area contributed by atoms with Gasteiger partial charge in [0.05, 0.1) is 6.10 Å². The third-order valence-corrected chi connectivity index (χ3v) is 3.32. The van der Waals surface area contributed by atoms with Crippen LogP contribution >= 0.6 is 0 Å². The van der Waals surface area contributed by atoms with E-state index in [-0.39, 0.29) is 18.1 Å². The second kappa shape index (κ2) is 7.98. The minimum atomic E-state index is -0.313. The number of benzene rings is 1. The average Bonchev–Trinajstić information content (AvgIpc) is 2.38. The molecular weight excluding hydrogens is 226 g/mol. The molecule has 3 heteroatoms. The molecule has 3 atom stereocenters. The highest BCUT2D eigenvalue weighted by Crippen LogP contribution is 2.33. The highest BCUT2D eigenvalue weighted by molar-refractivity contribution is 5.19. The van der Waals surface area contributed by atoms with Gasteiger partial charge in [0.1, 0.15) is 6.04 Å². The van der Waals surface area contributed by atoms with Gasteiger partial charge in [0.2, 0.25) is 0 Å². The van der Waals surface area contributed by atoms with E-state index in [0.29, 0.717) is 0 Å². The van der Waals surface area contributed by atoms with E-state index in [1.807, 2.05) is 30.3 Å². The molecule has 0 aliphatic carbocycles. The first-order valence-electron chi connectivity index (χ1n) is 6.74. The molecule has 0 radical (unpaired) electrons. The lowest BCUT2D eigenvalue weighted by atomic mass is 9.86. The summed E-state index contributed by atoms with van der Waals surface area (Å²) in [5.41, 5.74) is 0.983. The maximum Gasteiger partial charge on any atom is 0.120 e. The van der Waals surface area contributed by atoms with Gasteiger partial charge in [0, 0.05) is 0 Å². The molecule has 0 aliphatic heterocycles. The molecule has 18 heavy (non-hydrogen) atoms. The second-order valence-corrected chi connectivity index (χ2v) is 4.94. The van der Waals surface area contributed by atoms with Crippen LogP contribution in [0.4, 0.5) is 0 Å². The number of nitrogens with zero attached hydrogens (tertiary/aromatic N) is 1. The normalized spacial score (nSPS) is 15.9. The molecule has 0 bridgehead atoms. The lowest BCUT2D eigenvalue weighted by molar-refractivity contribution is 0.168. The van der Waals surface area contributed by atoms with E-state index < -0.39 is 0 Å². The quantitative estimate of drug-likeness (QED) is 0.706. The van der Waals surface area contributed by atoms with Gasteiger partial charge in [0.25, 0.3) is 0 Å². The van der Waals surface area contributed by atoms with Crippen LogP contribution in [0.5, 0.6) is 0 Å². The Hall–Kier alpha value is -1.22. The second-order valence-electron chi connectivity index (χ2n) is 4.94. The van der Waals surface area contributed by atoms with E-state index in [4.69, 9.17) is 0 Å². The van der Waals surface area contributed by atoms with Crippen LogP contribution in [-0.2, 0) is 0 Å². The Labute approximate surface area is 109 Å². The van der Waals surface area contributed by atoms with E-state index >= 15 is 0 Å². The van der Waals surface area contributed by atoms with E-state index in [1.54, 1.807) is 6.92 Å². The first-order valence-corrected chi connectivity index (χ1v) is 6.74. The van der Waals surface area contributed by atoms with Crippen LogP contribution in [0.1, 0.15) is 51.1 Å². The van der Waals surface area contributed by atoms with Crippen molar-refractivity contribution in [1.82, 2.24) is 0 Å². The summed E-state index contributed by atoms with van der Waals surface area (Å²) in [4.78, 5) is 11.2. The van der Waals surface area contributed by atoms with Gasteiger partial charge in [-0.3, -0.25) is 0 Å². The maximum absolute atomic E-state index is 11.2. The molecule has 1 N–H and O–H groups in total. The molecule has 1 aromatic carbocycles. The number of aliphatic hydroxyl groups excluding tert-OH is 1. The van der Waals surface area contributed by atoms with Gasteiger partial charge in [-0.25, -0.2) is 0 Å². The molecule has 0 saturated carbocycles. The average molecular weight is 249 g/mol. The molecule has 3 unspecified atom stereocenters. The smallest absolute Gasteiger partial charge is 0.120 e. The van der Waals surface area contributed by atoms with Crippen LogP contribution in [0.25, 0.3) is 0 Å². The van der Waals surface area contributed by atoms with Gasteiger partial charge in [-0.2, -0.15) is 4.91 Å². The Morgan fingerprint density at radius 3 is 2.33 bits per heavy atom. The van der Waals surface area contributed by atoms with Crippen molar-refractivity contribution >= 4 is 0 Å². The van der Waals surface area contributed by atoms with Gasteiger partial charge >= 0.3 is 0 Å². The standard InChI is InChI=1S/C15H23NO2/c1-3-7-13(11-10-12(2)17)15(16-18)14-8-5-4-6-9-14/h4-6,8-9,12-13,15,17H,3,7,10-11H2,1-2H3. The zero-order valence-corrected chi connectivity index (χ0v) is 11.2. The number of rotatable bonds is 8. The predicted molar refractivity (Wildman–Crippen MR) is 74.3 cm³/mol. The summed E-state index contributed by atoms with van der Waals surface area (Å²) in [7, 11) is 0. The van der Waals surface area contributed by atoms with Gasteiger partial charge in [-0.05, 0) is 37.7 Å². The third-order valence-electron chi connectivity index (χ3n) is 3.32. The molecule has 1 rings (SSSR count). The van der Waals surface area contributed by atoms with E-state index in [9.17, 15) is 10.0 Å². The van der Waals surface area contributed by atoms with Crippen molar-refractivity contribution in [3.05, 3.63) is 40.8 Å². The molecule has 0 amide bonds. The number of hydrogen-bond acceptors (Lipinski definition) is 3. The molecule has 0 saturated heterocycles. The molecule has 0 aromatic heterocycles. The Morgan fingerprint density at radius 2 is 1.83 bits per heavy atom. The number of nitroso groups, excluding NO2 is 1. The molecule has 0 spiro atoms. The van der Waals surface area contributed by atoms with Crippen molar-refractivity contribution in [3.8, 4) is 0 Å². The van der Waals surface area contributed by atoms with Gasteiger partial charge in [-0.1, -0.05) is 48.9 Å². The number of aliphatic hydroxyl groups is 1. The molecule has 100 valence electrons. The minimum absolute atomic E-state index is 0.226. The summed E-state index contributed by atoms with van der Waals surface area (Å²) >= 11 is 0. The largest absolute Gasteiger partial charge is 0.393 e. The first-order chi connectivity index (χ1) is 8.69. The molecule has 3 nitrogen and oxygen atoms in total. The summed E-state index contributed by atoms with van der Waals surface area (Å²) in [5, 5.41) is 12.7. The summed E-state index contributed by atoms with van der Waals surface area (Å²) in [6.07, 6.45) is 3.26. The van der Waals surface area contributed by atoms with Crippen LogP contribution in [-0.4, -0.2) is 11.2 Å². The Morgan fingerprint density at radius 1 is 1.17 bits per heavy atom. The summed E-state index contributed by atoms with van der Waals surface area (Å²) < 4.78 is 0. The van der Waals surface area contributed by atoms with Crippen molar-refractivity contribution < 1.29 is 5.11 Å². The molecule has 0 heterocycles. The zero-order valence-electron chi connectivity index (χ0n) is 11.2. The number of hydrogen-bond donors (Lipinski definition) is 1. The van der Waals surface area contributed by atoms with Crippen LogP contribution in [0, 0.1) is 10.8 Å². The van der Waals surface area contributed by atoms with Crippen molar-refractivity contribution in [2.24, 2.45) is 11.1 Å². The van der Waals surface area contributed by atoms with Crippen LogP contribution in [0.3, 0.4) is 0 Å². The van der Waals surface area contributed by atoms with E-state index in [0.717, 1.165) is 31.2 Å². The Balaban J connectivity index is 2.77. The predicted octanol–water partition coefficient (Wildman–Crippen LogP) is 4.07. The fourth-order valence-corrected chi connectivity index (χ4v) is 2.36. The van der Waals surface area contributed by atoms with Crippen molar-refractivity contribution in [3.63, 3.8) is 0 Å². The fourth-order valence-electron chi connectivity index (χ4n) is 2.36. The minimum Gasteiger partial charge on any atom is -0.393 e. The lowest BCUT2D eigenvalue weighted by Crippen LogP contribution is -2.13. The highest BCUT2D eigenvalue weighted by atomic mass is 16.3. The highest BCUT2D eigenvalue weighted by Gasteiger charge is 2.23. The SMILES string of the molecule is CCCC(CCC(C)O)C(N=O)c1ccccc1. The van der Waals surface area contributed by atoms with E-state index in [2.05, 4.69) is 12.1 Å². The van der Waals surface area contributed by atoms with Crippen molar-refractivity contribution in [2.75, 3.05) is 0 Å². The maximum atomic E-state index is 11.2. The molecule has 0 aliphatic rings. The molecule has 1 aromatic rings. The van der Waals surface area contributed by atoms with Crippen LogP contribution < -0.4 is 0 Å². The Bertz CT molecular complexity index is 338. The summed E-state index contributed by atoms with van der Waals surface area (Å²) in [6, 6.07) is 9.44. The van der Waals surface area contributed by atoms with Gasteiger partial charge in [-0.15, -0.1) is 0 Å². The summed E-state index contributed by atoms with van der Waals surface area (Å²) in [5.74, 6) is 0.226. The summed E-state index contributed by atoms with van der Waals surface area (Å²) in [6.45, 7) is 3.90. The van der Waals surface area contributed by atoms with Crippen LogP contribution in [0.2, 0.25) is 0 Å². The molecule has 0 fully saturated rings. The monoisotopic (exact) mass is 249 g/mol. The third kappa shape index (κ3) is 4.57. The van der Waals surface area contributed by atoms with E-state index in [1.165, 1.54) is 0 Å². The van der Waals surface area contributed by atoms with Crippen molar-refractivity contribution in [1.29, 1.82) is 0 Å². The topological polar surface area (TPSA) is 49.7 Å². The van der Waals surface area contributed by atoms with Gasteiger partial charge < -0.3 is 5.11 Å². The molecular formula is C15H23NO2. The zero-order chi connectivity index (χ0) is 13.4. The van der Waals surface area contributed by atoms with Gasteiger partial charge in [0.15, 0.2) is 0 Å². The van der Waals surface area contributed by atoms with Crippen molar-refractivity contribution in [2.45, 2.75) is 51.7 Å². The Kier molecular flexibility index (Phi) is 6.58. The lowest BCUT2D eigenvalue weighted by Gasteiger charge is -2.22. The van der Waals surface area contributed by atoms with Crippen LogP contribution in [0.15, 0.2) is 35.5 Å². The fraction of sp³-hybridized carbons (Fsp3) is 0.600.